The Balaban J connectivity index is 2.00. The van der Waals surface area contributed by atoms with Crippen molar-refractivity contribution < 1.29 is 4.74 Å². The van der Waals surface area contributed by atoms with E-state index < -0.39 is 0 Å². The van der Waals surface area contributed by atoms with Crippen LogP contribution in [0.1, 0.15) is 4.88 Å². The molecular weight excluding hydrogens is 268 g/mol. The van der Waals surface area contributed by atoms with Crippen molar-refractivity contribution in [3.05, 3.63) is 53.7 Å². The third-order valence-corrected chi connectivity index (χ3v) is 4.11. The van der Waals surface area contributed by atoms with Crippen LogP contribution in [-0.4, -0.2) is 17.1 Å². The first-order valence-electron chi connectivity index (χ1n) is 6.30. The van der Waals surface area contributed by atoms with Gasteiger partial charge in [-0.25, -0.2) is 4.98 Å². The lowest BCUT2D eigenvalue weighted by atomic mass is 10.1. The van der Waals surface area contributed by atoms with Crippen molar-refractivity contribution in [3.63, 3.8) is 0 Å². The highest BCUT2D eigenvalue weighted by Crippen LogP contribution is 2.33. The van der Waals surface area contributed by atoms with Crippen LogP contribution in [0.25, 0.3) is 21.8 Å². The average molecular weight is 282 g/mol. The van der Waals surface area contributed by atoms with E-state index in [1.807, 2.05) is 36.4 Å². The maximum absolute atomic E-state index is 5.19. The molecule has 0 unspecified atom stereocenters. The largest absolute Gasteiger partial charge is 0.497 e. The van der Waals surface area contributed by atoms with Crippen LogP contribution in [0.15, 0.2) is 48.8 Å². The molecule has 0 bridgehead atoms. The van der Waals surface area contributed by atoms with Crippen molar-refractivity contribution in [2.24, 2.45) is 0 Å². The molecule has 0 fully saturated rings. The summed E-state index contributed by atoms with van der Waals surface area (Å²) < 4.78 is 5.19. The lowest BCUT2D eigenvalue weighted by Crippen LogP contribution is -1.84. The second-order valence-corrected chi connectivity index (χ2v) is 5.59. The standard InChI is InChI=1S/C16H14N2OS/c1-11-15(12-3-5-14(19-2)6-4-12)18-16(20-11)13-7-9-17-10-8-13/h3-10H,1-2H3. The highest BCUT2D eigenvalue weighted by Gasteiger charge is 2.11. The van der Waals surface area contributed by atoms with Gasteiger partial charge in [0.2, 0.25) is 0 Å². The summed E-state index contributed by atoms with van der Waals surface area (Å²) in [6, 6.07) is 12.0. The van der Waals surface area contributed by atoms with Crippen molar-refractivity contribution in [1.82, 2.24) is 9.97 Å². The summed E-state index contributed by atoms with van der Waals surface area (Å²) in [6.07, 6.45) is 3.58. The van der Waals surface area contributed by atoms with Crippen LogP contribution in [0.4, 0.5) is 0 Å². The minimum Gasteiger partial charge on any atom is -0.497 e. The molecule has 3 aromatic rings. The molecule has 0 amide bonds. The number of methoxy groups -OCH3 is 1. The third-order valence-electron chi connectivity index (χ3n) is 3.09. The van der Waals surface area contributed by atoms with Gasteiger partial charge in [-0.1, -0.05) is 0 Å². The Morgan fingerprint density at radius 3 is 2.30 bits per heavy atom. The fourth-order valence-electron chi connectivity index (χ4n) is 2.03. The zero-order valence-corrected chi connectivity index (χ0v) is 12.1. The van der Waals surface area contributed by atoms with Crippen LogP contribution in [-0.2, 0) is 0 Å². The highest BCUT2D eigenvalue weighted by molar-refractivity contribution is 7.15. The second kappa shape index (κ2) is 5.43. The van der Waals surface area contributed by atoms with Gasteiger partial charge in [0, 0.05) is 28.4 Å². The van der Waals surface area contributed by atoms with Crippen molar-refractivity contribution in [3.8, 4) is 27.6 Å². The van der Waals surface area contributed by atoms with Gasteiger partial charge >= 0.3 is 0 Å². The molecule has 4 heteroatoms. The van der Waals surface area contributed by atoms with E-state index in [1.165, 1.54) is 4.88 Å². The smallest absolute Gasteiger partial charge is 0.124 e. The summed E-state index contributed by atoms with van der Waals surface area (Å²) in [7, 11) is 1.67. The number of hydrogen-bond acceptors (Lipinski definition) is 4. The summed E-state index contributed by atoms with van der Waals surface area (Å²) >= 11 is 1.70. The minimum atomic E-state index is 0.857. The van der Waals surface area contributed by atoms with E-state index in [0.29, 0.717) is 0 Å². The number of hydrogen-bond donors (Lipinski definition) is 0. The lowest BCUT2D eigenvalue weighted by Gasteiger charge is -2.01. The monoisotopic (exact) mass is 282 g/mol. The maximum Gasteiger partial charge on any atom is 0.124 e. The number of benzene rings is 1. The minimum absolute atomic E-state index is 0.857. The molecule has 0 saturated heterocycles. The van der Waals surface area contributed by atoms with Gasteiger partial charge in [-0.2, -0.15) is 0 Å². The number of nitrogens with zero attached hydrogens (tertiary/aromatic N) is 2. The first kappa shape index (κ1) is 12.8. The average Bonchev–Trinajstić information content (AvgIpc) is 2.90. The number of pyridine rings is 1. The van der Waals surface area contributed by atoms with E-state index in [4.69, 9.17) is 9.72 Å². The normalized spacial score (nSPS) is 10.5. The van der Waals surface area contributed by atoms with Crippen molar-refractivity contribution in [2.45, 2.75) is 6.92 Å². The zero-order valence-electron chi connectivity index (χ0n) is 11.3. The molecule has 0 N–H and O–H groups in total. The molecule has 20 heavy (non-hydrogen) atoms. The fourth-order valence-corrected chi connectivity index (χ4v) is 2.97. The quantitative estimate of drug-likeness (QED) is 0.722. The van der Waals surface area contributed by atoms with Crippen LogP contribution >= 0.6 is 11.3 Å². The summed E-state index contributed by atoms with van der Waals surface area (Å²) in [6.45, 7) is 2.10. The fraction of sp³-hybridized carbons (Fsp3) is 0.125. The molecule has 100 valence electrons. The van der Waals surface area contributed by atoms with Gasteiger partial charge in [-0.15, -0.1) is 11.3 Å². The molecule has 0 aliphatic heterocycles. The number of rotatable bonds is 3. The Hall–Kier alpha value is -2.20. The first-order chi connectivity index (χ1) is 9.78. The highest BCUT2D eigenvalue weighted by atomic mass is 32.1. The van der Waals surface area contributed by atoms with Gasteiger partial charge in [-0.3, -0.25) is 4.98 Å². The van der Waals surface area contributed by atoms with E-state index in [2.05, 4.69) is 11.9 Å². The molecule has 1 aromatic carbocycles. The molecule has 0 atom stereocenters. The number of aromatic nitrogens is 2. The second-order valence-electron chi connectivity index (χ2n) is 4.39. The van der Waals surface area contributed by atoms with E-state index in [-0.39, 0.29) is 0 Å². The molecule has 0 saturated carbocycles. The maximum atomic E-state index is 5.19. The van der Waals surface area contributed by atoms with E-state index in [0.717, 1.165) is 27.6 Å². The Morgan fingerprint density at radius 1 is 0.950 bits per heavy atom. The Morgan fingerprint density at radius 2 is 1.65 bits per heavy atom. The number of thiazole rings is 1. The first-order valence-corrected chi connectivity index (χ1v) is 7.12. The van der Waals surface area contributed by atoms with Gasteiger partial charge in [-0.05, 0) is 43.3 Å². The summed E-state index contributed by atoms with van der Waals surface area (Å²) in [5.74, 6) is 0.857. The molecule has 0 aliphatic carbocycles. The van der Waals surface area contributed by atoms with E-state index >= 15 is 0 Å². The van der Waals surface area contributed by atoms with Gasteiger partial charge in [0.15, 0.2) is 0 Å². The Kier molecular flexibility index (Phi) is 3.48. The lowest BCUT2D eigenvalue weighted by molar-refractivity contribution is 0.415. The third kappa shape index (κ3) is 2.42. The molecule has 3 rings (SSSR count). The number of aryl methyl sites for hydroxylation is 1. The van der Waals surface area contributed by atoms with Gasteiger partial charge in [0.05, 0.1) is 12.8 Å². The topological polar surface area (TPSA) is 35.0 Å². The van der Waals surface area contributed by atoms with Crippen LogP contribution in [0.5, 0.6) is 5.75 Å². The molecular formula is C16H14N2OS. The SMILES string of the molecule is COc1ccc(-c2nc(-c3ccncc3)sc2C)cc1. The molecule has 0 spiro atoms. The predicted molar refractivity (Wildman–Crippen MR) is 82.1 cm³/mol. The predicted octanol–water partition coefficient (Wildman–Crippen LogP) is 4.19. The van der Waals surface area contributed by atoms with Gasteiger partial charge < -0.3 is 4.74 Å². The van der Waals surface area contributed by atoms with Crippen molar-refractivity contribution in [2.75, 3.05) is 7.11 Å². The summed E-state index contributed by atoms with van der Waals surface area (Å²) in [4.78, 5) is 10.0. The van der Waals surface area contributed by atoms with Crippen LogP contribution in [0.2, 0.25) is 0 Å². The van der Waals surface area contributed by atoms with Crippen LogP contribution in [0, 0.1) is 6.92 Å². The summed E-state index contributed by atoms with van der Waals surface area (Å²) in [5.41, 5.74) is 3.25. The molecule has 3 nitrogen and oxygen atoms in total. The van der Waals surface area contributed by atoms with E-state index in [9.17, 15) is 0 Å². The molecule has 0 aliphatic rings. The Bertz CT molecular complexity index is 705. The molecule has 0 radical (unpaired) electrons. The molecule has 2 heterocycles. The van der Waals surface area contributed by atoms with Crippen molar-refractivity contribution >= 4 is 11.3 Å². The Labute approximate surface area is 121 Å². The van der Waals surface area contributed by atoms with E-state index in [1.54, 1.807) is 30.8 Å². The zero-order chi connectivity index (χ0) is 13.9. The van der Waals surface area contributed by atoms with Crippen LogP contribution < -0.4 is 4.74 Å². The van der Waals surface area contributed by atoms with Gasteiger partial charge in [0.25, 0.3) is 0 Å². The van der Waals surface area contributed by atoms with Crippen molar-refractivity contribution in [1.29, 1.82) is 0 Å². The molecule has 2 aromatic heterocycles. The summed E-state index contributed by atoms with van der Waals surface area (Å²) in [5, 5.41) is 1.02. The van der Waals surface area contributed by atoms with Crippen LogP contribution in [0.3, 0.4) is 0 Å². The number of ether oxygens (including phenoxy) is 1. The van der Waals surface area contributed by atoms with Gasteiger partial charge in [0.1, 0.15) is 10.8 Å².